The van der Waals surface area contributed by atoms with Gasteiger partial charge in [-0.3, -0.25) is 0 Å². The lowest BCUT2D eigenvalue weighted by Crippen LogP contribution is -2.02. The van der Waals surface area contributed by atoms with Gasteiger partial charge < -0.3 is 0 Å². The lowest BCUT2D eigenvalue weighted by atomic mass is 9.88. The van der Waals surface area contributed by atoms with E-state index in [1.807, 2.05) is 0 Å². The Labute approximate surface area is 81.7 Å². The summed E-state index contributed by atoms with van der Waals surface area (Å²) in [5, 5.41) is 0. The number of fused-ring (bicyclic) bond motifs is 2. The molecule has 13 heavy (non-hydrogen) atoms. The predicted molar refractivity (Wildman–Crippen MR) is 57.6 cm³/mol. The summed E-state index contributed by atoms with van der Waals surface area (Å²) in [4.78, 5) is 0. The maximum atomic E-state index is 2.46. The van der Waals surface area contributed by atoms with Crippen molar-refractivity contribution in [2.24, 2.45) is 11.8 Å². The van der Waals surface area contributed by atoms with Crippen LogP contribution in [-0.4, -0.2) is 0 Å². The molecule has 0 spiro atoms. The first-order valence-corrected chi connectivity index (χ1v) is 5.77. The summed E-state index contributed by atoms with van der Waals surface area (Å²) in [5.41, 5.74) is 3.42. The van der Waals surface area contributed by atoms with Gasteiger partial charge in [0.1, 0.15) is 0 Å². The molecule has 0 aromatic rings. The van der Waals surface area contributed by atoms with Crippen LogP contribution in [0, 0.1) is 11.8 Å². The summed E-state index contributed by atoms with van der Waals surface area (Å²) >= 11 is 0. The van der Waals surface area contributed by atoms with Crippen molar-refractivity contribution < 1.29 is 0 Å². The molecule has 0 amide bonds. The first-order chi connectivity index (χ1) is 6.36. The zero-order valence-electron chi connectivity index (χ0n) is 8.84. The summed E-state index contributed by atoms with van der Waals surface area (Å²) < 4.78 is 0. The van der Waals surface area contributed by atoms with Gasteiger partial charge in [0.05, 0.1) is 0 Å². The van der Waals surface area contributed by atoms with Gasteiger partial charge in [0.15, 0.2) is 0 Å². The first kappa shape index (κ1) is 9.05. The fourth-order valence-corrected chi connectivity index (χ4v) is 3.03. The second-order valence-electron chi connectivity index (χ2n) is 4.34. The van der Waals surface area contributed by atoms with Crippen LogP contribution in [0.1, 0.15) is 46.0 Å². The van der Waals surface area contributed by atoms with E-state index in [-0.39, 0.29) is 0 Å². The minimum atomic E-state index is 0.933. The molecule has 0 aromatic carbocycles. The average Bonchev–Trinajstić information content (AvgIpc) is 2.69. The van der Waals surface area contributed by atoms with Crippen molar-refractivity contribution in [3.8, 4) is 0 Å². The van der Waals surface area contributed by atoms with Crippen LogP contribution < -0.4 is 0 Å². The Hall–Kier alpha value is -0.520. The Balaban J connectivity index is 2.25. The van der Waals surface area contributed by atoms with Gasteiger partial charge in [-0.15, -0.1) is 0 Å². The lowest BCUT2D eigenvalue weighted by Gasteiger charge is -2.17. The highest BCUT2D eigenvalue weighted by molar-refractivity contribution is 5.42. The Morgan fingerprint density at radius 1 is 1.00 bits per heavy atom. The summed E-state index contributed by atoms with van der Waals surface area (Å²) in [6.07, 6.45) is 11.7. The van der Waals surface area contributed by atoms with E-state index in [9.17, 15) is 0 Å². The highest BCUT2D eigenvalue weighted by Gasteiger charge is 2.38. The highest BCUT2D eigenvalue weighted by atomic mass is 14.4. The lowest BCUT2D eigenvalue weighted by molar-refractivity contribution is 0.649. The molecule has 2 unspecified atom stereocenters. The predicted octanol–water partition coefficient (Wildman–Crippen LogP) is 4.09. The maximum absolute atomic E-state index is 2.46. The van der Waals surface area contributed by atoms with Gasteiger partial charge in [-0.2, -0.15) is 0 Å². The molecule has 0 aliphatic heterocycles. The zero-order valence-corrected chi connectivity index (χ0v) is 8.84. The topological polar surface area (TPSA) is 0 Å². The molecule has 2 atom stereocenters. The second kappa shape index (κ2) is 3.69. The molecule has 0 nitrogen and oxygen atoms in total. The molecule has 0 N–H and O–H groups in total. The van der Waals surface area contributed by atoms with Crippen LogP contribution in [0.4, 0.5) is 0 Å². The van der Waals surface area contributed by atoms with Crippen molar-refractivity contribution >= 4 is 0 Å². The van der Waals surface area contributed by atoms with Crippen LogP contribution in [-0.2, 0) is 0 Å². The van der Waals surface area contributed by atoms with Crippen LogP contribution in [0.2, 0.25) is 0 Å². The van der Waals surface area contributed by atoms with Crippen LogP contribution in [0.25, 0.3) is 0 Å². The van der Waals surface area contributed by atoms with E-state index in [4.69, 9.17) is 0 Å². The van der Waals surface area contributed by atoms with Crippen molar-refractivity contribution in [3.63, 3.8) is 0 Å². The number of rotatable bonds is 2. The van der Waals surface area contributed by atoms with Gasteiger partial charge in [-0.25, -0.2) is 0 Å². The van der Waals surface area contributed by atoms with Crippen molar-refractivity contribution in [2.45, 2.75) is 46.0 Å². The number of hydrogen-bond acceptors (Lipinski definition) is 0. The van der Waals surface area contributed by atoms with E-state index in [2.05, 4.69) is 26.0 Å². The first-order valence-electron chi connectivity index (χ1n) is 5.77. The standard InChI is InChI=1S/C13H20/c1-3-5-12-10-7-8-11(9-10)13(12)6-4-2/h5-6,10-11H,3-4,7-9H2,1-2H3. The molecule has 0 radical (unpaired) electrons. The maximum Gasteiger partial charge on any atom is -0.0156 e. The minimum Gasteiger partial charge on any atom is -0.0810 e. The molecule has 2 aliphatic rings. The Bertz CT molecular complexity index is 219. The van der Waals surface area contributed by atoms with Crippen LogP contribution >= 0.6 is 0 Å². The summed E-state index contributed by atoms with van der Waals surface area (Å²) in [6.45, 7) is 4.51. The second-order valence-corrected chi connectivity index (χ2v) is 4.34. The quantitative estimate of drug-likeness (QED) is 0.594. The monoisotopic (exact) mass is 176 g/mol. The van der Waals surface area contributed by atoms with Gasteiger partial charge >= 0.3 is 0 Å². The third-order valence-corrected chi connectivity index (χ3v) is 3.49. The molecule has 0 heterocycles. The Morgan fingerprint density at radius 3 is 1.85 bits per heavy atom. The molecule has 2 saturated carbocycles. The molecule has 0 heteroatoms. The van der Waals surface area contributed by atoms with Gasteiger partial charge in [0, 0.05) is 0 Å². The largest absolute Gasteiger partial charge is 0.0810 e. The van der Waals surface area contributed by atoms with Gasteiger partial charge in [0.2, 0.25) is 0 Å². The fraction of sp³-hybridized carbons (Fsp3) is 0.692. The Morgan fingerprint density at radius 2 is 1.46 bits per heavy atom. The van der Waals surface area contributed by atoms with Gasteiger partial charge in [-0.05, 0) is 55.1 Å². The van der Waals surface area contributed by atoms with Crippen LogP contribution in [0.15, 0.2) is 23.3 Å². The fourth-order valence-electron chi connectivity index (χ4n) is 3.03. The third-order valence-electron chi connectivity index (χ3n) is 3.49. The normalized spacial score (nSPS) is 38.0. The van der Waals surface area contributed by atoms with Crippen LogP contribution in [0.3, 0.4) is 0 Å². The SMILES string of the molecule is CCC=C1C(=CCC)C2CCC1C2. The number of allylic oxidation sites excluding steroid dienone is 4. The molecule has 0 saturated heterocycles. The molecule has 2 aliphatic carbocycles. The molecule has 2 rings (SSSR count). The van der Waals surface area contributed by atoms with E-state index < -0.39 is 0 Å². The summed E-state index contributed by atoms with van der Waals surface area (Å²) in [5.74, 6) is 1.87. The zero-order chi connectivity index (χ0) is 9.26. The van der Waals surface area contributed by atoms with Gasteiger partial charge in [0.25, 0.3) is 0 Å². The molecular weight excluding hydrogens is 156 g/mol. The summed E-state index contributed by atoms with van der Waals surface area (Å²) in [7, 11) is 0. The van der Waals surface area contributed by atoms with E-state index in [0.717, 1.165) is 11.8 Å². The van der Waals surface area contributed by atoms with Crippen molar-refractivity contribution in [1.82, 2.24) is 0 Å². The average molecular weight is 176 g/mol. The van der Waals surface area contributed by atoms with Crippen LogP contribution in [0.5, 0.6) is 0 Å². The van der Waals surface area contributed by atoms with Crippen molar-refractivity contribution in [3.05, 3.63) is 23.3 Å². The summed E-state index contributed by atoms with van der Waals surface area (Å²) in [6, 6.07) is 0. The van der Waals surface area contributed by atoms with Crippen molar-refractivity contribution in [1.29, 1.82) is 0 Å². The highest BCUT2D eigenvalue weighted by Crippen LogP contribution is 2.51. The third kappa shape index (κ3) is 1.47. The number of hydrogen-bond donors (Lipinski definition) is 0. The van der Waals surface area contributed by atoms with E-state index in [1.165, 1.54) is 32.1 Å². The molecule has 72 valence electrons. The Kier molecular flexibility index (Phi) is 2.57. The molecular formula is C13H20. The molecule has 2 fully saturated rings. The van der Waals surface area contributed by atoms with Crippen molar-refractivity contribution in [2.75, 3.05) is 0 Å². The van der Waals surface area contributed by atoms with Gasteiger partial charge in [-0.1, -0.05) is 26.0 Å². The molecule has 2 bridgehead atoms. The molecule has 0 aromatic heterocycles. The minimum absolute atomic E-state index is 0.933. The van der Waals surface area contributed by atoms with E-state index in [1.54, 1.807) is 11.1 Å². The van der Waals surface area contributed by atoms with E-state index in [0.29, 0.717) is 0 Å². The van der Waals surface area contributed by atoms with E-state index >= 15 is 0 Å². The smallest absolute Gasteiger partial charge is 0.0156 e.